The van der Waals surface area contributed by atoms with Crippen LogP contribution in [0.25, 0.3) is 0 Å². The van der Waals surface area contributed by atoms with Gasteiger partial charge in [-0.05, 0) is 55.7 Å². The third-order valence-electron chi connectivity index (χ3n) is 5.39. The molecule has 0 saturated carbocycles. The summed E-state index contributed by atoms with van der Waals surface area (Å²) in [6.07, 6.45) is 0. The maximum Gasteiger partial charge on any atom is 0.319 e. The number of amides is 3. The van der Waals surface area contributed by atoms with E-state index < -0.39 is 12.1 Å². The van der Waals surface area contributed by atoms with E-state index in [1.807, 2.05) is 32.0 Å². The van der Waals surface area contributed by atoms with Crippen LogP contribution in [0.4, 0.5) is 10.5 Å². The number of ether oxygens (including phenoxy) is 3. The van der Waals surface area contributed by atoms with Crippen molar-refractivity contribution in [3.8, 4) is 17.2 Å². The van der Waals surface area contributed by atoms with Crippen molar-refractivity contribution in [1.82, 2.24) is 10.6 Å². The van der Waals surface area contributed by atoms with Gasteiger partial charge in [0, 0.05) is 11.4 Å². The summed E-state index contributed by atoms with van der Waals surface area (Å²) in [6.45, 7) is 5.63. The highest BCUT2D eigenvalue weighted by Gasteiger charge is 2.33. The number of anilines is 1. The van der Waals surface area contributed by atoms with E-state index >= 15 is 0 Å². The molecule has 0 aliphatic carbocycles. The highest BCUT2D eigenvalue weighted by Crippen LogP contribution is 2.41. The Kier molecular flexibility index (Phi) is 6.39. The maximum absolute atomic E-state index is 13.3. The summed E-state index contributed by atoms with van der Waals surface area (Å²) in [5.41, 5.74) is 4.23. The predicted octanol–water partition coefficient (Wildman–Crippen LogP) is 3.60. The first-order valence-electron chi connectivity index (χ1n) is 9.76. The number of methoxy groups -OCH3 is 3. The van der Waals surface area contributed by atoms with Crippen LogP contribution in [0.5, 0.6) is 17.2 Å². The Morgan fingerprint density at radius 3 is 2.23 bits per heavy atom. The van der Waals surface area contributed by atoms with E-state index in [1.165, 1.54) is 21.3 Å². The second-order valence-corrected chi connectivity index (χ2v) is 7.23. The van der Waals surface area contributed by atoms with E-state index in [9.17, 15) is 9.59 Å². The molecule has 1 atom stereocenters. The summed E-state index contributed by atoms with van der Waals surface area (Å²) in [4.78, 5) is 25.6. The lowest BCUT2D eigenvalue weighted by molar-refractivity contribution is -0.113. The molecule has 0 spiro atoms. The molecule has 8 heteroatoms. The van der Waals surface area contributed by atoms with Crippen LogP contribution in [-0.2, 0) is 4.79 Å². The normalized spacial score (nSPS) is 15.7. The number of nitrogens with one attached hydrogen (secondary N) is 3. The topological polar surface area (TPSA) is 97.9 Å². The molecule has 0 unspecified atom stereocenters. The minimum atomic E-state index is -0.715. The fourth-order valence-electron chi connectivity index (χ4n) is 3.59. The van der Waals surface area contributed by atoms with E-state index in [0.29, 0.717) is 39.8 Å². The Morgan fingerprint density at radius 1 is 1.00 bits per heavy atom. The Balaban J connectivity index is 2.06. The molecule has 3 amide bonds. The fourth-order valence-corrected chi connectivity index (χ4v) is 3.59. The zero-order chi connectivity index (χ0) is 22.7. The molecular formula is C23H27N3O5. The second-order valence-electron chi connectivity index (χ2n) is 7.23. The Labute approximate surface area is 181 Å². The van der Waals surface area contributed by atoms with Crippen molar-refractivity contribution in [2.24, 2.45) is 0 Å². The number of aryl methyl sites for hydroxylation is 1. The van der Waals surface area contributed by atoms with Crippen molar-refractivity contribution < 1.29 is 23.8 Å². The van der Waals surface area contributed by atoms with Crippen molar-refractivity contribution in [3.05, 3.63) is 58.3 Å². The largest absolute Gasteiger partial charge is 0.493 e. The number of urea groups is 1. The molecule has 0 bridgehead atoms. The highest BCUT2D eigenvalue weighted by molar-refractivity contribution is 6.07. The first-order chi connectivity index (χ1) is 14.8. The Hall–Kier alpha value is -3.68. The zero-order valence-electron chi connectivity index (χ0n) is 18.5. The molecule has 1 aliphatic heterocycles. The molecule has 164 valence electrons. The van der Waals surface area contributed by atoms with E-state index in [0.717, 1.165) is 11.1 Å². The Morgan fingerprint density at radius 2 is 1.65 bits per heavy atom. The molecule has 3 N–H and O–H groups in total. The van der Waals surface area contributed by atoms with Gasteiger partial charge < -0.3 is 30.2 Å². The van der Waals surface area contributed by atoms with Gasteiger partial charge in [-0.2, -0.15) is 0 Å². The number of hydrogen-bond donors (Lipinski definition) is 3. The molecule has 1 heterocycles. The zero-order valence-corrected chi connectivity index (χ0v) is 18.5. The van der Waals surface area contributed by atoms with Crippen LogP contribution < -0.4 is 30.2 Å². The standard InChI is InChI=1S/C23H27N3O5/c1-12-8-7-9-16(13(12)2)25-22(27)19-14(3)24-23(28)26-20(19)15-10-17(29-4)21(31-6)18(11-15)30-5/h7-11,20H,1-6H3,(H,25,27)(H2,24,26,28)/t20-/m1/s1. The van der Waals surface area contributed by atoms with Gasteiger partial charge in [0.25, 0.3) is 5.91 Å². The molecule has 0 saturated heterocycles. The third-order valence-corrected chi connectivity index (χ3v) is 5.39. The quantitative estimate of drug-likeness (QED) is 0.657. The smallest absolute Gasteiger partial charge is 0.319 e. The average molecular weight is 425 g/mol. The van der Waals surface area contributed by atoms with Crippen molar-refractivity contribution >= 4 is 17.6 Å². The van der Waals surface area contributed by atoms with Crippen molar-refractivity contribution in [1.29, 1.82) is 0 Å². The van der Waals surface area contributed by atoms with Crippen LogP contribution in [0.3, 0.4) is 0 Å². The van der Waals surface area contributed by atoms with Crippen molar-refractivity contribution in [3.63, 3.8) is 0 Å². The lowest BCUT2D eigenvalue weighted by Gasteiger charge is -2.29. The number of rotatable bonds is 6. The molecule has 8 nitrogen and oxygen atoms in total. The maximum atomic E-state index is 13.3. The van der Waals surface area contributed by atoms with Crippen LogP contribution in [0.2, 0.25) is 0 Å². The van der Waals surface area contributed by atoms with Crippen LogP contribution >= 0.6 is 0 Å². The lowest BCUT2D eigenvalue weighted by Crippen LogP contribution is -2.46. The van der Waals surface area contributed by atoms with Gasteiger partial charge in [0.2, 0.25) is 5.75 Å². The van der Waals surface area contributed by atoms with Gasteiger partial charge in [0.05, 0.1) is 32.9 Å². The third kappa shape index (κ3) is 4.28. The van der Waals surface area contributed by atoms with Crippen LogP contribution in [0.1, 0.15) is 29.7 Å². The summed E-state index contributed by atoms with van der Waals surface area (Å²) in [5, 5.41) is 8.48. The van der Waals surface area contributed by atoms with Gasteiger partial charge in [0.15, 0.2) is 11.5 Å². The molecule has 2 aromatic rings. The number of carbonyl (C=O) groups excluding carboxylic acids is 2. The van der Waals surface area contributed by atoms with E-state index in [2.05, 4.69) is 16.0 Å². The summed E-state index contributed by atoms with van der Waals surface area (Å²) in [5.74, 6) is 0.960. The number of hydrogen-bond acceptors (Lipinski definition) is 5. The monoisotopic (exact) mass is 425 g/mol. The minimum absolute atomic E-state index is 0.322. The molecule has 2 aromatic carbocycles. The summed E-state index contributed by atoms with van der Waals surface area (Å²) < 4.78 is 16.2. The first-order valence-corrected chi connectivity index (χ1v) is 9.76. The summed E-state index contributed by atoms with van der Waals surface area (Å²) >= 11 is 0. The van der Waals surface area contributed by atoms with Crippen molar-refractivity contribution in [2.45, 2.75) is 26.8 Å². The van der Waals surface area contributed by atoms with Crippen LogP contribution in [0.15, 0.2) is 41.6 Å². The van der Waals surface area contributed by atoms with E-state index in [4.69, 9.17) is 14.2 Å². The predicted molar refractivity (Wildman–Crippen MR) is 118 cm³/mol. The molecule has 1 aliphatic rings. The lowest BCUT2D eigenvalue weighted by atomic mass is 9.94. The second kappa shape index (κ2) is 8.99. The van der Waals surface area contributed by atoms with Gasteiger partial charge in [-0.1, -0.05) is 12.1 Å². The Bertz CT molecular complexity index is 1040. The molecule has 0 radical (unpaired) electrons. The van der Waals surface area contributed by atoms with Gasteiger partial charge in [-0.3, -0.25) is 4.79 Å². The molecule has 0 aromatic heterocycles. The summed E-state index contributed by atoms with van der Waals surface area (Å²) in [6, 6.07) is 8.03. The van der Waals surface area contributed by atoms with Gasteiger partial charge in [-0.15, -0.1) is 0 Å². The highest BCUT2D eigenvalue weighted by atomic mass is 16.5. The van der Waals surface area contributed by atoms with E-state index in [1.54, 1.807) is 19.1 Å². The molecule has 3 rings (SSSR count). The van der Waals surface area contributed by atoms with Gasteiger partial charge in [0.1, 0.15) is 0 Å². The minimum Gasteiger partial charge on any atom is -0.493 e. The number of allylic oxidation sites excluding steroid dienone is 1. The molecule has 31 heavy (non-hydrogen) atoms. The number of benzene rings is 2. The van der Waals surface area contributed by atoms with E-state index in [-0.39, 0.29) is 5.91 Å². The van der Waals surface area contributed by atoms with Crippen molar-refractivity contribution in [2.75, 3.05) is 26.6 Å². The first kappa shape index (κ1) is 22.0. The van der Waals surface area contributed by atoms with Gasteiger partial charge in [-0.25, -0.2) is 4.79 Å². The fraction of sp³-hybridized carbons (Fsp3) is 0.304. The SMILES string of the molecule is COc1cc([C@H]2NC(=O)NC(C)=C2C(=O)Nc2cccc(C)c2C)cc(OC)c1OC. The van der Waals surface area contributed by atoms with Crippen LogP contribution in [-0.4, -0.2) is 33.3 Å². The molecular weight excluding hydrogens is 398 g/mol. The van der Waals surface area contributed by atoms with Gasteiger partial charge >= 0.3 is 6.03 Å². The molecule has 0 fully saturated rings. The number of carbonyl (C=O) groups is 2. The average Bonchev–Trinajstić information content (AvgIpc) is 2.75. The summed E-state index contributed by atoms with van der Waals surface area (Å²) in [7, 11) is 4.54. The van der Waals surface area contributed by atoms with Crippen LogP contribution in [0, 0.1) is 13.8 Å².